The van der Waals surface area contributed by atoms with Crippen LogP contribution in [-0.2, 0) is 19.4 Å². The van der Waals surface area contributed by atoms with Gasteiger partial charge in [0.2, 0.25) is 0 Å². The Balaban J connectivity index is 1.74. The largest absolute Gasteiger partial charge is 0.504 e. The Morgan fingerprint density at radius 2 is 2.00 bits per heavy atom. The van der Waals surface area contributed by atoms with Gasteiger partial charge >= 0.3 is 0 Å². The van der Waals surface area contributed by atoms with Gasteiger partial charge in [-0.3, -0.25) is 0 Å². The minimum Gasteiger partial charge on any atom is -0.504 e. The number of rotatable bonds is 5. The van der Waals surface area contributed by atoms with Crippen molar-refractivity contribution in [3.63, 3.8) is 0 Å². The van der Waals surface area contributed by atoms with Crippen LogP contribution < -0.4 is 10.1 Å². The maximum Gasteiger partial charge on any atom is 0.161 e. The van der Waals surface area contributed by atoms with Crippen LogP contribution in [0.25, 0.3) is 0 Å². The summed E-state index contributed by atoms with van der Waals surface area (Å²) in [6.07, 6.45) is 4.93. The molecule has 0 heterocycles. The Kier molecular flexibility index (Phi) is 4.52. The molecule has 2 aromatic rings. The van der Waals surface area contributed by atoms with Crippen molar-refractivity contribution in [1.82, 2.24) is 0 Å². The Hall–Kier alpha value is -2.16. The Bertz CT molecular complexity index is 652. The molecule has 116 valence electrons. The first kappa shape index (κ1) is 14.8. The van der Waals surface area contributed by atoms with Crippen molar-refractivity contribution in [2.45, 2.75) is 39.2 Å². The van der Waals surface area contributed by atoms with E-state index < -0.39 is 0 Å². The third-order valence-corrected chi connectivity index (χ3v) is 4.20. The van der Waals surface area contributed by atoms with Crippen LogP contribution in [0.1, 0.15) is 36.5 Å². The maximum atomic E-state index is 9.76. The fraction of sp³-hybridized carbons (Fsp3) is 0.368. The van der Waals surface area contributed by atoms with Gasteiger partial charge in [-0.1, -0.05) is 18.2 Å². The van der Waals surface area contributed by atoms with Gasteiger partial charge in [-0.05, 0) is 67.5 Å². The molecule has 0 fully saturated rings. The zero-order chi connectivity index (χ0) is 15.4. The molecular weight excluding hydrogens is 274 g/mol. The first-order valence-electron chi connectivity index (χ1n) is 8.07. The van der Waals surface area contributed by atoms with Crippen molar-refractivity contribution < 1.29 is 9.84 Å². The predicted octanol–water partition coefficient (Wildman–Crippen LogP) is 4.28. The van der Waals surface area contributed by atoms with Crippen LogP contribution in [-0.4, -0.2) is 11.7 Å². The van der Waals surface area contributed by atoms with Crippen molar-refractivity contribution >= 4 is 5.69 Å². The molecule has 0 aliphatic heterocycles. The monoisotopic (exact) mass is 297 g/mol. The van der Waals surface area contributed by atoms with Crippen molar-refractivity contribution in [2.75, 3.05) is 11.9 Å². The van der Waals surface area contributed by atoms with E-state index >= 15 is 0 Å². The number of aromatic hydroxyl groups is 1. The molecule has 3 heteroatoms. The summed E-state index contributed by atoms with van der Waals surface area (Å²) in [5, 5.41) is 13.3. The molecule has 3 rings (SSSR count). The topological polar surface area (TPSA) is 41.5 Å². The molecule has 1 aliphatic rings. The van der Waals surface area contributed by atoms with Gasteiger partial charge in [0.05, 0.1) is 6.61 Å². The van der Waals surface area contributed by atoms with Gasteiger partial charge in [-0.25, -0.2) is 0 Å². The van der Waals surface area contributed by atoms with Gasteiger partial charge in [0, 0.05) is 12.2 Å². The highest BCUT2D eigenvalue weighted by Gasteiger charge is 2.12. The number of hydrogen-bond acceptors (Lipinski definition) is 3. The summed E-state index contributed by atoms with van der Waals surface area (Å²) >= 11 is 0. The van der Waals surface area contributed by atoms with Crippen molar-refractivity contribution in [1.29, 1.82) is 0 Å². The number of aryl methyl sites for hydroxylation is 1. The zero-order valence-corrected chi connectivity index (χ0v) is 13.1. The molecule has 22 heavy (non-hydrogen) atoms. The van der Waals surface area contributed by atoms with Gasteiger partial charge in [-0.2, -0.15) is 0 Å². The molecule has 0 radical (unpaired) electrons. The SMILES string of the molecule is CCOc1cc(CNc2cccc3c2CCCC3)ccc1O. The highest BCUT2D eigenvalue weighted by atomic mass is 16.5. The second-order valence-electron chi connectivity index (χ2n) is 5.74. The third-order valence-electron chi connectivity index (χ3n) is 4.20. The minimum atomic E-state index is 0.197. The molecule has 0 saturated carbocycles. The molecular formula is C19H23NO2. The molecule has 1 aliphatic carbocycles. The summed E-state index contributed by atoms with van der Waals surface area (Å²) in [4.78, 5) is 0. The molecule has 0 unspecified atom stereocenters. The van der Waals surface area contributed by atoms with Gasteiger partial charge < -0.3 is 15.2 Å². The number of fused-ring (bicyclic) bond motifs is 1. The Labute approximate surface area is 131 Å². The lowest BCUT2D eigenvalue weighted by Crippen LogP contribution is -2.08. The Morgan fingerprint density at radius 3 is 2.86 bits per heavy atom. The summed E-state index contributed by atoms with van der Waals surface area (Å²) < 4.78 is 5.44. The average Bonchev–Trinajstić information content (AvgIpc) is 2.56. The van der Waals surface area contributed by atoms with Crippen LogP contribution in [0.15, 0.2) is 36.4 Å². The van der Waals surface area contributed by atoms with E-state index in [1.807, 2.05) is 19.1 Å². The number of hydrogen-bond donors (Lipinski definition) is 2. The van der Waals surface area contributed by atoms with Crippen LogP contribution in [0.3, 0.4) is 0 Å². The summed E-state index contributed by atoms with van der Waals surface area (Å²) in [5.41, 5.74) is 5.30. The quantitative estimate of drug-likeness (QED) is 0.865. The smallest absolute Gasteiger partial charge is 0.161 e. The molecule has 0 bridgehead atoms. The zero-order valence-electron chi connectivity index (χ0n) is 13.1. The first-order chi connectivity index (χ1) is 10.8. The lowest BCUT2D eigenvalue weighted by Gasteiger charge is -2.20. The minimum absolute atomic E-state index is 0.197. The molecule has 3 nitrogen and oxygen atoms in total. The number of phenolic OH excluding ortho intramolecular Hbond substituents is 1. The summed E-state index contributed by atoms with van der Waals surface area (Å²) in [6, 6.07) is 12.1. The van der Waals surface area contributed by atoms with Crippen LogP contribution >= 0.6 is 0 Å². The van der Waals surface area contributed by atoms with E-state index in [4.69, 9.17) is 4.74 Å². The van der Waals surface area contributed by atoms with E-state index in [-0.39, 0.29) is 5.75 Å². The standard InChI is InChI=1S/C19H23NO2/c1-2-22-19-12-14(10-11-18(19)21)13-20-17-9-5-7-15-6-3-4-8-16(15)17/h5,7,9-12,20-21H,2-4,6,8,13H2,1H3. The van der Waals surface area contributed by atoms with Crippen molar-refractivity contribution in [2.24, 2.45) is 0 Å². The van der Waals surface area contributed by atoms with Crippen LogP contribution in [0, 0.1) is 0 Å². The molecule has 0 saturated heterocycles. The highest BCUT2D eigenvalue weighted by molar-refractivity contribution is 5.56. The normalized spacial score (nSPS) is 13.5. The van der Waals surface area contributed by atoms with E-state index in [1.165, 1.54) is 36.1 Å². The van der Waals surface area contributed by atoms with E-state index in [0.717, 1.165) is 18.5 Å². The fourth-order valence-corrected chi connectivity index (χ4v) is 3.08. The van der Waals surface area contributed by atoms with Gasteiger partial charge in [0.1, 0.15) is 0 Å². The lowest BCUT2D eigenvalue weighted by molar-refractivity contribution is 0.318. The van der Waals surface area contributed by atoms with Crippen LogP contribution in [0.4, 0.5) is 5.69 Å². The Morgan fingerprint density at radius 1 is 1.14 bits per heavy atom. The average molecular weight is 297 g/mol. The van der Waals surface area contributed by atoms with Crippen LogP contribution in [0.5, 0.6) is 11.5 Å². The second-order valence-corrected chi connectivity index (χ2v) is 5.74. The molecule has 0 aromatic heterocycles. The first-order valence-corrected chi connectivity index (χ1v) is 8.07. The highest BCUT2D eigenvalue weighted by Crippen LogP contribution is 2.30. The molecule has 2 N–H and O–H groups in total. The van der Waals surface area contributed by atoms with Gasteiger partial charge in [0.25, 0.3) is 0 Å². The third kappa shape index (κ3) is 3.19. The van der Waals surface area contributed by atoms with Gasteiger partial charge in [0.15, 0.2) is 11.5 Å². The number of ether oxygens (including phenoxy) is 1. The van der Waals surface area contributed by atoms with Crippen molar-refractivity contribution in [3.8, 4) is 11.5 Å². The van der Waals surface area contributed by atoms with Gasteiger partial charge in [-0.15, -0.1) is 0 Å². The predicted molar refractivity (Wildman–Crippen MR) is 89.7 cm³/mol. The second kappa shape index (κ2) is 6.73. The van der Waals surface area contributed by atoms with Crippen molar-refractivity contribution in [3.05, 3.63) is 53.1 Å². The molecule has 2 aromatic carbocycles. The lowest BCUT2D eigenvalue weighted by atomic mass is 9.90. The number of benzene rings is 2. The van der Waals surface area contributed by atoms with Crippen LogP contribution in [0.2, 0.25) is 0 Å². The summed E-state index contributed by atoms with van der Waals surface area (Å²) in [6.45, 7) is 3.20. The molecule has 0 atom stereocenters. The molecule has 0 amide bonds. The number of nitrogens with one attached hydrogen (secondary N) is 1. The van der Waals surface area contributed by atoms with E-state index in [2.05, 4.69) is 23.5 Å². The maximum absolute atomic E-state index is 9.76. The number of anilines is 1. The number of phenols is 1. The summed E-state index contributed by atoms with van der Waals surface area (Å²) in [5.74, 6) is 0.750. The van der Waals surface area contributed by atoms with E-state index in [9.17, 15) is 5.11 Å². The van der Waals surface area contributed by atoms with E-state index in [0.29, 0.717) is 12.4 Å². The summed E-state index contributed by atoms with van der Waals surface area (Å²) in [7, 11) is 0. The van der Waals surface area contributed by atoms with E-state index in [1.54, 1.807) is 6.07 Å². The fourth-order valence-electron chi connectivity index (χ4n) is 3.08. The molecule has 0 spiro atoms.